The van der Waals surface area contributed by atoms with Gasteiger partial charge in [-0.05, 0) is 0 Å². The van der Waals surface area contributed by atoms with Crippen LogP contribution in [0, 0.1) is 11.5 Å². The van der Waals surface area contributed by atoms with Gasteiger partial charge in [0.2, 0.25) is 0 Å². The molecule has 7 heavy (non-hydrogen) atoms. The van der Waals surface area contributed by atoms with Crippen LogP contribution in [-0.2, 0) is 3.07 Å². The first-order valence-corrected chi connectivity index (χ1v) is 11.9. The van der Waals surface area contributed by atoms with Crippen molar-refractivity contribution in [3.8, 4) is 6.26 Å². The second-order valence-electron chi connectivity index (χ2n) is 2.31. The number of hydrogen-bond acceptors (Lipinski definition) is 2. The summed E-state index contributed by atoms with van der Waals surface area (Å²) < 4.78 is 4.74. The molecule has 0 atom stereocenters. The predicted molar refractivity (Wildman–Crippen MR) is 30.0 cm³/mol. The second-order valence-corrected chi connectivity index (χ2v) is 14.9. The standard InChI is InChI=1S/CHNO.3CH3.Sn/c2-1-3;;;;/h3H;3*1H3;/q;;;;+1/p-1. The zero-order valence-corrected chi connectivity index (χ0v) is 7.71. The van der Waals surface area contributed by atoms with Gasteiger partial charge in [-0.1, -0.05) is 0 Å². The van der Waals surface area contributed by atoms with Crippen molar-refractivity contribution in [2.75, 3.05) is 0 Å². The van der Waals surface area contributed by atoms with Crippen molar-refractivity contribution in [3.05, 3.63) is 0 Å². The third-order valence-corrected chi connectivity index (χ3v) is 2.36. The van der Waals surface area contributed by atoms with E-state index in [9.17, 15) is 0 Å². The molecular weight excluding hydrogens is 197 g/mol. The van der Waals surface area contributed by atoms with E-state index in [-0.39, 0.29) is 0 Å². The molecule has 40 valence electrons. The summed E-state index contributed by atoms with van der Waals surface area (Å²) in [6.45, 7) is 0. The van der Waals surface area contributed by atoms with E-state index in [1.807, 2.05) is 14.8 Å². The molecule has 0 bridgehead atoms. The van der Waals surface area contributed by atoms with Gasteiger partial charge in [0.15, 0.2) is 0 Å². The van der Waals surface area contributed by atoms with E-state index < -0.39 is 18.8 Å². The topological polar surface area (TPSA) is 33.0 Å². The van der Waals surface area contributed by atoms with E-state index in [1.54, 1.807) is 6.26 Å². The Morgan fingerprint density at radius 2 is 1.86 bits per heavy atom. The van der Waals surface area contributed by atoms with Crippen LogP contribution < -0.4 is 0 Å². The molecule has 0 aliphatic heterocycles. The molecule has 0 aromatic heterocycles. The van der Waals surface area contributed by atoms with Crippen LogP contribution in [0.1, 0.15) is 0 Å². The summed E-state index contributed by atoms with van der Waals surface area (Å²) >= 11 is -2.14. The van der Waals surface area contributed by atoms with Crippen LogP contribution in [0.5, 0.6) is 0 Å². The van der Waals surface area contributed by atoms with Gasteiger partial charge >= 0.3 is 48.2 Å². The predicted octanol–water partition coefficient (Wildman–Crippen LogP) is 1.32. The van der Waals surface area contributed by atoms with Crippen LogP contribution in [0.3, 0.4) is 0 Å². The number of hydrogen-bond donors (Lipinski definition) is 0. The molecule has 0 amide bonds. The van der Waals surface area contributed by atoms with E-state index in [1.165, 1.54) is 0 Å². The van der Waals surface area contributed by atoms with Crippen molar-refractivity contribution in [1.29, 1.82) is 5.26 Å². The Kier molecular flexibility index (Phi) is 2.44. The molecule has 0 fully saturated rings. The molecule has 0 radical (unpaired) electrons. The zero-order chi connectivity index (χ0) is 5.91. The van der Waals surface area contributed by atoms with Crippen LogP contribution in [-0.4, -0.2) is 18.8 Å². The van der Waals surface area contributed by atoms with Gasteiger partial charge in [-0.2, -0.15) is 0 Å². The molecule has 0 aliphatic rings. The zero-order valence-electron chi connectivity index (χ0n) is 4.86. The Morgan fingerprint density at radius 1 is 1.43 bits per heavy atom. The number of nitrogens with zero attached hydrogens (tertiary/aromatic N) is 1. The molecule has 0 heterocycles. The third kappa shape index (κ3) is 6.09. The Morgan fingerprint density at radius 3 is 1.86 bits per heavy atom. The van der Waals surface area contributed by atoms with Gasteiger partial charge in [-0.15, -0.1) is 0 Å². The van der Waals surface area contributed by atoms with Crippen LogP contribution in [0.4, 0.5) is 0 Å². The van der Waals surface area contributed by atoms with Crippen LogP contribution in [0.25, 0.3) is 0 Å². The summed E-state index contributed by atoms with van der Waals surface area (Å²) in [5, 5.41) is 7.98. The molecule has 2 nitrogen and oxygen atoms in total. The molecule has 0 rings (SSSR count). The molecule has 0 aromatic carbocycles. The maximum atomic E-state index is 7.98. The van der Waals surface area contributed by atoms with Gasteiger partial charge in [0.05, 0.1) is 0 Å². The summed E-state index contributed by atoms with van der Waals surface area (Å²) in [4.78, 5) is 6.12. The van der Waals surface area contributed by atoms with Crippen molar-refractivity contribution in [2.45, 2.75) is 14.8 Å². The SMILES string of the molecule is [CH3][Sn]([CH3])([CH3])[O]C#N. The molecule has 0 N–H and O–H groups in total. The van der Waals surface area contributed by atoms with Crippen LogP contribution in [0.15, 0.2) is 0 Å². The Balaban J connectivity index is 3.40. The fourth-order valence-electron chi connectivity index (χ4n) is 0.137. The molecule has 0 saturated carbocycles. The van der Waals surface area contributed by atoms with Crippen molar-refractivity contribution >= 4 is 18.8 Å². The monoisotopic (exact) mass is 207 g/mol. The molecule has 0 saturated heterocycles. The second kappa shape index (κ2) is 2.41. The fraction of sp³-hybridized carbons (Fsp3) is 0.750. The summed E-state index contributed by atoms with van der Waals surface area (Å²) in [5.41, 5.74) is 0. The minimum atomic E-state index is -2.14. The van der Waals surface area contributed by atoms with Gasteiger partial charge < -0.3 is 0 Å². The van der Waals surface area contributed by atoms with Gasteiger partial charge in [-0.3, -0.25) is 0 Å². The third-order valence-electron chi connectivity index (χ3n) is 0.352. The first kappa shape index (κ1) is 7.09. The molecule has 3 heteroatoms. The van der Waals surface area contributed by atoms with Crippen molar-refractivity contribution < 1.29 is 3.07 Å². The summed E-state index contributed by atoms with van der Waals surface area (Å²) in [6.07, 6.45) is 1.70. The number of rotatable bonds is 1. The average molecular weight is 206 g/mol. The first-order valence-electron chi connectivity index (χ1n) is 2.13. The van der Waals surface area contributed by atoms with Crippen molar-refractivity contribution in [1.82, 2.24) is 0 Å². The van der Waals surface area contributed by atoms with Crippen molar-refractivity contribution in [2.24, 2.45) is 0 Å². The summed E-state index contributed by atoms with van der Waals surface area (Å²) in [5.74, 6) is 0. The average Bonchev–Trinajstić information content (AvgIpc) is 1.30. The molecular formula is C4H9NOSn. The number of nitriles is 1. The van der Waals surface area contributed by atoms with E-state index >= 15 is 0 Å². The van der Waals surface area contributed by atoms with Gasteiger partial charge in [0.1, 0.15) is 0 Å². The van der Waals surface area contributed by atoms with E-state index in [2.05, 4.69) is 0 Å². The molecule has 0 aliphatic carbocycles. The van der Waals surface area contributed by atoms with E-state index in [0.717, 1.165) is 0 Å². The fourth-order valence-corrected chi connectivity index (χ4v) is 0.919. The van der Waals surface area contributed by atoms with E-state index in [4.69, 9.17) is 8.34 Å². The Hall–Kier alpha value is 0.0887. The summed E-state index contributed by atoms with van der Waals surface area (Å²) in [6, 6.07) is 0. The van der Waals surface area contributed by atoms with Gasteiger partial charge in [0, 0.05) is 0 Å². The summed E-state index contributed by atoms with van der Waals surface area (Å²) in [7, 11) is 0. The Labute approximate surface area is 48.5 Å². The molecule has 0 aromatic rings. The normalized spacial score (nSPS) is 10.0. The first-order chi connectivity index (χ1) is 3.06. The minimum absolute atomic E-state index is 1.70. The van der Waals surface area contributed by atoms with Crippen molar-refractivity contribution in [3.63, 3.8) is 0 Å². The van der Waals surface area contributed by atoms with Crippen LogP contribution in [0.2, 0.25) is 14.8 Å². The molecule has 0 unspecified atom stereocenters. The van der Waals surface area contributed by atoms with E-state index in [0.29, 0.717) is 0 Å². The maximum absolute atomic E-state index is 7.98. The Bertz CT molecular complexity index is 88.8. The molecule has 0 spiro atoms. The quantitative estimate of drug-likeness (QED) is 0.478. The van der Waals surface area contributed by atoms with Crippen LogP contribution >= 0.6 is 0 Å². The van der Waals surface area contributed by atoms with Gasteiger partial charge in [0.25, 0.3) is 0 Å². The van der Waals surface area contributed by atoms with Gasteiger partial charge in [-0.25, -0.2) is 0 Å².